The number of fused-ring (bicyclic) bond motifs is 1. The third-order valence-electron chi connectivity index (χ3n) is 4.48. The van der Waals surface area contributed by atoms with E-state index in [1.807, 2.05) is 0 Å². The lowest BCUT2D eigenvalue weighted by Gasteiger charge is -2.22. The van der Waals surface area contributed by atoms with Gasteiger partial charge >= 0.3 is 13.9 Å². The first kappa shape index (κ1) is 21.2. The van der Waals surface area contributed by atoms with Crippen LogP contribution in [0.4, 0.5) is 4.79 Å². The number of carbonyl (C=O) groups excluding carboxylic acids is 1. The van der Waals surface area contributed by atoms with E-state index >= 15 is 0 Å². The minimum absolute atomic E-state index is 0.0108. The standard InChI is InChI=1S/C18H30NO6P/c1-18(2,3)25-26(21,22)24-12-8-11-19-17(20)23-13-16-14-9-6-4-5-7-10-15(14)16/h14-16H,6-13H2,1-3H3,(H,19,20)(H,21,22). The molecule has 3 atom stereocenters. The largest absolute Gasteiger partial charge is 0.472 e. The van der Waals surface area contributed by atoms with Crippen molar-refractivity contribution in [2.45, 2.75) is 58.5 Å². The van der Waals surface area contributed by atoms with Crippen molar-refractivity contribution in [1.82, 2.24) is 5.32 Å². The second-order valence-electron chi connectivity index (χ2n) is 7.81. The first-order valence-corrected chi connectivity index (χ1v) is 10.7. The number of ether oxygens (including phenoxy) is 1. The van der Waals surface area contributed by atoms with Gasteiger partial charge in [-0.05, 0) is 57.8 Å². The molecule has 0 bridgehead atoms. The van der Waals surface area contributed by atoms with E-state index in [2.05, 4.69) is 17.2 Å². The molecule has 0 aliphatic heterocycles. The van der Waals surface area contributed by atoms with E-state index in [0.29, 0.717) is 37.3 Å². The Morgan fingerprint density at radius 3 is 2.42 bits per heavy atom. The highest BCUT2D eigenvalue weighted by Gasteiger charge is 2.49. The first-order valence-electron chi connectivity index (χ1n) is 9.22. The van der Waals surface area contributed by atoms with Crippen LogP contribution >= 0.6 is 7.82 Å². The third-order valence-corrected chi connectivity index (χ3v) is 5.77. The number of phosphoric ester groups is 1. The van der Waals surface area contributed by atoms with Gasteiger partial charge in [-0.2, -0.15) is 0 Å². The lowest BCUT2D eigenvalue weighted by atomic mass is 10.1. The summed E-state index contributed by atoms with van der Waals surface area (Å²) in [7, 11) is -4.07. The lowest BCUT2D eigenvalue weighted by Crippen LogP contribution is -2.27. The van der Waals surface area contributed by atoms with Crippen LogP contribution in [0.3, 0.4) is 0 Å². The van der Waals surface area contributed by atoms with Gasteiger partial charge in [0.1, 0.15) is 0 Å². The highest BCUT2D eigenvalue weighted by Crippen LogP contribution is 2.52. The van der Waals surface area contributed by atoms with Crippen molar-refractivity contribution in [3.05, 3.63) is 0 Å². The summed E-state index contributed by atoms with van der Waals surface area (Å²) < 4.78 is 26.8. The van der Waals surface area contributed by atoms with Gasteiger partial charge in [-0.3, -0.25) is 9.05 Å². The van der Waals surface area contributed by atoms with E-state index < -0.39 is 19.5 Å². The Balaban J connectivity index is 1.53. The van der Waals surface area contributed by atoms with Gasteiger partial charge in [-0.25, -0.2) is 9.36 Å². The van der Waals surface area contributed by atoms with Crippen LogP contribution in [0.25, 0.3) is 0 Å². The van der Waals surface area contributed by atoms with Crippen LogP contribution in [-0.4, -0.2) is 36.3 Å². The molecule has 2 rings (SSSR count). The van der Waals surface area contributed by atoms with Crippen molar-refractivity contribution in [2.75, 3.05) is 19.8 Å². The van der Waals surface area contributed by atoms with Crippen molar-refractivity contribution in [1.29, 1.82) is 0 Å². The van der Waals surface area contributed by atoms with Crippen molar-refractivity contribution >= 4 is 13.9 Å². The van der Waals surface area contributed by atoms with Gasteiger partial charge in [0.25, 0.3) is 0 Å². The van der Waals surface area contributed by atoms with E-state index in [9.17, 15) is 14.3 Å². The highest BCUT2D eigenvalue weighted by atomic mass is 31.2. The molecule has 1 saturated carbocycles. The molecule has 8 heteroatoms. The molecule has 1 amide bonds. The predicted octanol–water partition coefficient (Wildman–Crippen LogP) is 3.47. The molecule has 2 aliphatic carbocycles. The Bertz CT molecular complexity index is 573. The average molecular weight is 387 g/mol. The minimum Gasteiger partial charge on any atom is -0.449 e. The molecule has 0 heterocycles. The summed E-state index contributed by atoms with van der Waals surface area (Å²) in [6, 6.07) is 0. The molecule has 148 valence electrons. The van der Waals surface area contributed by atoms with E-state index in [4.69, 9.17) is 13.8 Å². The van der Waals surface area contributed by atoms with Crippen LogP contribution in [0.1, 0.15) is 52.9 Å². The molecule has 0 aromatic heterocycles. The molecule has 3 unspecified atom stereocenters. The molecule has 0 saturated heterocycles. The van der Waals surface area contributed by atoms with Crippen LogP contribution in [0.2, 0.25) is 0 Å². The molecule has 26 heavy (non-hydrogen) atoms. The van der Waals surface area contributed by atoms with E-state index in [-0.39, 0.29) is 6.61 Å². The maximum atomic E-state index is 11.7. The molecule has 0 spiro atoms. The third kappa shape index (κ3) is 7.67. The summed E-state index contributed by atoms with van der Waals surface area (Å²) >= 11 is 0. The van der Waals surface area contributed by atoms with Crippen molar-refractivity contribution in [2.24, 2.45) is 17.8 Å². The monoisotopic (exact) mass is 387 g/mol. The number of rotatable bonds is 8. The zero-order valence-corrected chi connectivity index (χ0v) is 16.7. The Labute approximate surface area is 155 Å². The smallest absolute Gasteiger partial charge is 0.449 e. The van der Waals surface area contributed by atoms with Gasteiger partial charge in [0.2, 0.25) is 0 Å². The molecule has 1 fully saturated rings. The topological polar surface area (TPSA) is 94.1 Å². The van der Waals surface area contributed by atoms with E-state index in [0.717, 1.165) is 25.7 Å². The maximum Gasteiger partial charge on any atom is 0.472 e. The zero-order chi connectivity index (χ0) is 19.2. The van der Waals surface area contributed by atoms with Gasteiger partial charge < -0.3 is 14.9 Å². The Morgan fingerprint density at radius 1 is 1.23 bits per heavy atom. The highest BCUT2D eigenvalue weighted by molar-refractivity contribution is 7.47. The van der Waals surface area contributed by atoms with Gasteiger partial charge in [0.15, 0.2) is 0 Å². The minimum atomic E-state index is -4.07. The van der Waals surface area contributed by atoms with Gasteiger partial charge in [-0.15, -0.1) is 11.8 Å². The quantitative estimate of drug-likeness (QED) is 0.376. The molecule has 7 nitrogen and oxygen atoms in total. The van der Waals surface area contributed by atoms with Crippen molar-refractivity contribution in [3.63, 3.8) is 0 Å². The predicted molar refractivity (Wildman–Crippen MR) is 97.3 cm³/mol. The fourth-order valence-corrected chi connectivity index (χ4v) is 4.42. The number of nitrogens with one attached hydrogen (secondary N) is 1. The first-order chi connectivity index (χ1) is 12.2. The SMILES string of the molecule is CC(C)(C)OP(=O)(O)OCCCNC(=O)OCC1C2CCC#CCCC21. The number of alkyl carbamates (subject to hydrolysis) is 1. The molecule has 0 radical (unpaired) electrons. The summed E-state index contributed by atoms with van der Waals surface area (Å²) in [5.41, 5.74) is -0.767. The van der Waals surface area contributed by atoms with Gasteiger partial charge in [-0.1, -0.05) is 0 Å². The van der Waals surface area contributed by atoms with Gasteiger partial charge in [0, 0.05) is 19.4 Å². The van der Waals surface area contributed by atoms with E-state index in [1.165, 1.54) is 0 Å². The maximum absolute atomic E-state index is 11.7. The number of phosphoric acid groups is 1. The van der Waals surface area contributed by atoms with Gasteiger partial charge in [0.05, 0.1) is 18.8 Å². The molecular formula is C18H30NO6P. The Kier molecular flexibility index (Phi) is 7.54. The lowest BCUT2D eigenvalue weighted by molar-refractivity contribution is 0.0614. The Hall–Kier alpha value is -1.06. The summed E-state index contributed by atoms with van der Waals surface area (Å²) in [4.78, 5) is 21.3. The number of amides is 1. The van der Waals surface area contributed by atoms with Crippen molar-refractivity contribution < 1.29 is 28.0 Å². The average Bonchev–Trinajstić information content (AvgIpc) is 3.11. The molecular weight excluding hydrogens is 357 g/mol. The molecule has 2 aliphatic rings. The number of hydrogen-bond donors (Lipinski definition) is 2. The molecule has 0 aromatic carbocycles. The van der Waals surface area contributed by atoms with Crippen LogP contribution in [0.15, 0.2) is 0 Å². The fourth-order valence-electron chi connectivity index (χ4n) is 3.32. The summed E-state index contributed by atoms with van der Waals surface area (Å²) in [6.07, 6.45) is 4.01. The normalized spacial score (nSPS) is 27.0. The van der Waals surface area contributed by atoms with Crippen LogP contribution in [0.5, 0.6) is 0 Å². The second kappa shape index (κ2) is 9.23. The van der Waals surface area contributed by atoms with Crippen LogP contribution in [-0.2, 0) is 18.3 Å². The number of carbonyl (C=O) groups is 1. The molecule has 2 N–H and O–H groups in total. The summed E-state index contributed by atoms with van der Waals surface area (Å²) in [5, 5.41) is 2.63. The zero-order valence-electron chi connectivity index (χ0n) is 15.8. The van der Waals surface area contributed by atoms with Crippen LogP contribution < -0.4 is 5.32 Å². The molecule has 0 aromatic rings. The van der Waals surface area contributed by atoms with Crippen molar-refractivity contribution in [3.8, 4) is 11.8 Å². The van der Waals surface area contributed by atoms with E-state index in [1.54, 1.807) is 20.8 Å². The Morgan fingerprint density at radius 2 is 1.85 bits per heavy atom. The summed E-state index contributed by atoms with van der Waals surface area (Å²) in [6.45, 7) is 5.77. The van der Waals surface area contributed by atoms with Crippen LogP contribution in [0, 0.1) is 29.6 Å². The second-order valence-corrected chi connectivity index (χ2v) is 9.18. The number of hydrogen-bond acceptors (Lipinski definition) is 5. The fraction of sp³-hybridized carbons (Fsp3) is 0.833. The summed E-state index contributed by atoms with van der Waals surface area (Å²) in [5.74, 6) is 8.08.